The van der Waals surface area contributed by atoms with Crippen LogP contribution in [0.5, 0.6) is 0 Å². The number of nitrogens with one attached hydrogen (secondary N) is 1. The summed E-state index contributed by atoms with van der Waals surface area (Å²) in [6.45, 7) is 9.40. The molecule has 3 aromatic rings. The average Bonchev–Trinajstić information content (AvgIpc) is 3.14. The molecule has 3 aromatic heterocycles. The lowest BCUT2D eigenvalue weighted by Gasteiger charge is -2.14. The molecule has 3 heterocycles. The summed E-state index contributed by atoms with van der Waals surface area (Å²) in [5.41, 5.74) is 8.67. The number of anilines is 1. The van der Waals surface area contributed by atoms with Gasteiger partial charge < -0.3 is 11.1 Å². The number of thiazole rings is 1. The van der Waals surface area contributed by atoms with Gasteiger partial charge >= 0.3 is 0 Å². The Hall–Kier alpha value is -2.48. The molecule has 132 valence electrons. The van der Waals surface area contributed by atoms with Gasteiger partial charge in [-0.05, 0) is 13.0 Å². The van der Waals surface area contributed by atoms with Crippen LogP contribution in [0, 0.1) is 0 Å². The summed E-state index contributed by atoms with van der Waals surface area (Å²) in [4.78, 5) is 25.6. The molecule has 0 unspecified atom stereocenters. The summed E-state index contributed by atoms with van der Waals surface area (Å²) >= 11 is 1.55. The fourth-order valence-corrected chi connectivity index (χ4v) is 3.42. The first-order chi connectivity index (χ1) is 11.8. The van der Waals surface area contributed by atoms with Crippen molar-refractivity contribution < 1.29 is 4.79 Å². The number of carbonyl (C=O) groups excluding carboxylic acids is 1. The Balaban J connectivity index is 1.73. The number of hydrogen-bond acceptors (Lipinski definition) is 6. The number of fused-ring (bicyclic) bond motifs is 1. The fraction of sp³-hybridized carbons (Fsp3) is 0.412. The highest BCUT2D eigenvalue weighted by atomic mass is 32.1. The summed E-state index contributed by atoms with van der Waals surface area (Å²) < 4.78 is 1.81. The van der Waals surface area contributed by atoms with E-state index in [-0.39, 0.29) is 11.3 Å². The molecular weight excluding hydrogens is 336 g/mol. The van der Waals surface area contributed by atoms with E-state index in [4.69, 9.17) is 5.73 Å². The van der Waals surface area contributed by atoms with Crippen LogP contribution in [0.4, 0.5) is 5.95 Å². The van der Waals surface area contributed by atoms with Crippen LogP contribution in [-0.4, -0.2) is 25.4 Å². The summed E-state index contributed by atoms with van der Waals surface area (Å²) in [5, 5.41) is 5.80. The highest BCUT2D eigenvalue weighted by molar-refractivity contribution is 7.09. The summed E-state index contributed by atoms with van der Waals surface area (Å²) in [6.07, 6.45) is 1.55. The molecule has 0 aromatic carbocycles. The van der Waals surface area contributed by atoms with Gasteiger partial charge in [0.15, 0.2) is 5.65 Å². The summed E-state index contributed by atoms with van der Waals surface area (Å²) in [7, 11) is 0. The number of pyridine rings is 1. The average molecular weight is 358 g/mol. The van der Waals surface area contributed by atoms with E-state index in [2.05, 4.69) is 41.0 Å². The third kappa shape index (κ3) is 3.48. The lowest BCUT2D eigenvalue weighted by atomic mass is 9.93. The second kappa shape index (κ2) is 6.44. The topological polar surface area (TPSA) is 98.7 Å². The number of imidazole rings is 1. The summed E-state index contributed by atoms with van der Waals surface area (Å²) in [5.74, 6) is 0.201. The van der Waals surface area contributed by atoms with E-state index in [1.165, 1.54) is 0 Å². The van der Waals surface area contributed by atoms with Gasteiger partial charge in [0, 0.05) is 23.5 Å². The minimum Gasteiger partial charge on any atom is -0.369 e. The number of nitrogens with zero attached hydrogens (tertiary/aromatic N) is 4. The molecule has 0 saturated carbocycles. The van der Waals surface area contributed by atoms with E-state index in [1.807, 2.05) is 12.3 Å². The third-order valence-corrected chi connectivity index (χ3v) is 4.76. The molecule has 0 aliphatic heterocycles. The predicted octanol–water partition coefficient (Wildman–Crippen LogP) is 2.72. The Bertz CT molecular complexity index is 921. The van der Waals surface area contributed by atoms with Gasteiger partial charge in [-0.1, -0.05) is 20.8 Å². The van der Waals surface area contributed by atoms with Gasteiger partial charge in [-0.15, -0.1) is 11.3 Å². The van der Waals surface area contributed by atoms with Crippen molar-refractivity contribution in [1.29, 1.82) is 0 Å². The number of rotatable bonds is 4. The van der Waals surface area contributed by atoms with Crippen molar-refractivity contribution in [3.05, 3.63) is 33.9 Å². The molecule has 8 heteroatoms. The number of nitrogen functional groups attached to an aromatic ring is 1. The van der Waals surface area contributed by atoms with Gasteiger partial charge in [-0.3, -0.25) is 9.36 Å². The van der Waals surface area contributed by atoms with Crippen LogP contribution in [0.15, 0.2) is 17.6 Å². The van der Waals surface area contributed by atoms with Crippen molar-refractivity contribution in [1.82, 2.24) is 24.8 Å². The summed E-state index contributed by atoms with van der Waals surface area (Å²) in [6, 6.07) is 1.71. The smallest absolute Gasteiger partial charge is 0.253 e. The first-order valence-electron chi connectivity index (χ1n) is 8.14. The van der Waals surface area contributed by atoms with E-state index < -0.39 is 0 Å². The quantitative estimate of drug-likeness (QED) is 0.747. The lowest BCUT2D eigenvalue weighted by Crippen LogP contribution is -2.23. The van der Waals surface area contributed by atoms with Crippen molar-refractivity contribution in [3.63, 3.8) is 0 Å². The van der Waals surface area contributed by atoms with Gasteiger partial charge in [0.05, 0.1) is 17.8 Å². The molecule has 0 aliphatic rings. The Kier molecular flexibility index (Phi) is 4.47. The zero-order valence-electron chi connectivity index (χ0n) is 14.8. The molecule has 0 saturated heterocycles. The Morgan fingerprint density at radius 1 is 1.36 bits per heavy atom. The van der Waals surface area contributed by atoms with Gasteiger partial charge in [0.1, 0.15) is 10.5 Å². The molecule has 0 radical (unpaired) electrons. The molecule has 1 amide bonds. The molecule has 0 bridgehead atoms. The predicted molar refractivity (Wildman–Crippen MR) is 99.6 cm³/mol. The maximum absolute atomic E-state index is 12.4. The SMILES string of the molecule is CCn1c(N)nc2cc(C(=O)NCc3nc(C(C)(C)C)cs3)cnc21. The third-order valence-electron chi connectivity index (χ3n) is 3.91. The van der Waals surface area contributed by atoms with Crippen LogP contribution in [0.25, 0.3) is 11.2 Å². The van der Waals surface area contributed by atoms with E-state index in [9.17, 15) is 4.79 Å². The van der Waals surface area contributed by atoms with E-state index >= 15 is 0 Å². The van der Waals surface area contributed by atoms with Crippen molar-refractivity contribution in [3.8, 4) is 0 Å². The molecule has 0 aliphatic carbocycles. The van der Waals surface area contributed by atoms with Gasteiger partial charge in [-0.25, -0.2) is 15.0 Å². The standard InChI is InChI=1S/C17H22N6OS/c1-5-23-14-11(21-16(23)18)6-10(7-19-14)15(24)20-8-13-22-12(9-25-13)17(2,3)4/h6-7,9H,5,8H2,1-4H3,(H2,18,21)(H,20,24). The van der Waals surface area contributed by atoms with Crippen molar-refractivity contribution in [2.75, 3.05) is 5.73 Å². The monoisotopic (exact) mass is 358 g/mol. The molecule has 3 N–H and O–H groups in total. The Morgan fingerprint density at radius 3 is 2.76 bits per heavy atom. The number of carbonyl (C=O) groups is 1. The largest absolute Gasteiger partial charge is 0.369 e. The first-order valence-corrected chi connectivity index (χ1v) is 9.02. The van der Waals surface area contributed by atoms with Crippen molar-refractivity contribution >= 4 is 34.4 Å². The molecule has 7 nitrogen and oxygen atoms in total. The van der Waals surface area contributed by atoms with Crippen molar-refractivity contribution in [2.45, 2.75) is 46.2 Å². The first kappa shape index (κ1) is 17.3. The molecule has 0 atom stereocenters. The highest BCUT2D eigenvalue weighted by Crippen LogP contribution is 2.24. The molecule has 0 fully saturated rings. The number of aryl methyl sites for hydroxylation is 1. The van der Waals surface area contributed by atoms with Crippen LogP contribution in [0.3, 0.4) is 0 Å². The highest BCUT2D eigenvalue weighted by Gasteiger charge is 2.18. The lowest BCUT2D eigenvalue weighted by molar-refractivity contribution is 0.0950. The molecule has 25 heavy (non-hydrogen) atoms. The van der Waals surface area contributed by atoms with E-state index in [0.29, 0.717) is 35.8 Å². The fourth-order valence-electron chi connectivity index (χ4n) is 2.46. The van der Waals surface area contributed by atoms with E-state index in [0.717, 1.165) is 10.7 Å². The molecule has 3 rings (SSSR count). The van der Waals surface area contributed by atoms with Crippen LogP contribution in [0.1, 0.15) is 48.8 Å². The van der Waals surface area contributed by atoms with Crippen LogP contribution >= 0.6 is 11.3 Å². The van der Waals surface area contributed by atoms with Gasteiger partial charge in [0.2, 0.25) is 5.95 Å². The van der Waals surface area contributed by atoms with Gasteiger partial charge in [-0.2, -0.15) is 0 Å². The number of aromatic nitrogens is 4. The van der Waals surface area contributed by atoms with Crippen LogP contribution < -0.4 is 11.1 Å². The van der Waals surface area contributed by atoms with Gasteiger partial charge in [0.25, 0.3) is 5.91 Å². The maximum Gasteiger partial charge on any atom is 0.253 e. The molecule has 0 spiro atoms. The maximum atomic E-state index is 12.4. The second-order valence-corrected chi connectivity index (χ2v) is 7.78. The Labute approximate surface area is 150 Å². The Morgan fingerprint density at radius 2 is 2.12 bits per heavy atom. The molecular formula is C17H22N6OS. The zero-order chi connectivity index (χ0) is 18.2. The van der Waals surface area contributed by atoms with Crippen molar-refractivity contribution in [2.24, 2.45) is 0 Å². The minimum atomic E-state index is -0.202. The van der Waals surface area contributed by atoms with Crippen LogP contribution in [-0.2, 0) is 18.5 Å². The number of nitrogens with two attached hydrogens (primary N) is 1. The number of hydrogen-bond donors (Lipinski definition) is 2. The zero-order valence-corrected chi connectivity index (χ0v) is 15.6. The minimum absolute atomic E-state index is 0.00570. The van der Waals surface area contributed by atoms with E-state index in [1.54, 1.807) is 28.2 Å². The normalized spacial score (nSPS) is 11.8. The van der Waals surface area contributed by atoms with Crippen LogP contribution in [0.2, 0.25) is 0 Å². The number of amides is 1. The second-order valence-electron chi connectivity index (χ2n) is 6.84.